The summed E-state index contributed by atoms with van der Waals surface area (Å²) in [6.45, 7) is 2.02. The number of aryl methyl sites for hydroxylation is 1. The molecule has 0 fully saturated rings. The molecule has 0 unspecified atom stereocenters. The number of hydrogen-bond donors (Lipinski definition) is 0. The van der Waals surface area contributed by atoms with Crippen molar-refractivity contribution in [1.29, 1.82) is 0 Å². The van der Waals surface area contributed by atoms with Crippen LogP contribution in [-0.4, -0.2) is 9.55 Å². The van der Waals surface area contributed by atoms with Crippen LogP contribution in [0.5, 0.6) is 0 Å². The summed E-state index contributed by atoms with van der Waals surface area (Å²) in [5.74, 6) is 0. The average molecular weight is 251 g/mol. The van der Waals surface area contributed by atoms with Gasteiger partial charge >= 0.3 is 0 Å². The molecule has 0 N–H and O–H groups in total. The fourth-order valence-electron chi connectivity index (χ4n) is 1.60. The molecule has 0 bridgehead atoms. The third-order valence-electron chi connectivity index (χ3n) is 2.26. The van der Waals surface area contributed by atoms with Crippen LogP contribution in [-0.2, 0) is 7.05 Å². The molecular weight excluding hydrogens is 240 g/mol. The molecule has 1 heterocycles. The summed E-state index contributed by atoms with van der Waals surface area (Å²) in [6.07, 6.45) is 0. The second kappa shape index (κ2) is 3.58. The van der Waals surface area contributed by atoms with E-state index in [-0.39, 0.29) is 0 Å². The van der Waals surface area contributed by atoms with Gasteiger partial charge in [0.15, 0.2) is 4.73 Å². The predicted molar refractivity (Wildman–Crippen MR) is 61.1 cm³/mol. The van der Waals surface area contributed by atoms with Crippen LogP contribution in [0.1, 0.15) is 5.69 Å². The van der Waals surface area contributed by atoms with Crippen molar-refractivity contribution in [1.82, 2.24) is 9.55 Å². The minimum atomic E-state index is 0.869. The normalized spacial score (nSPS) is 10.5. The number of halogens is 1. The molecule has 0 saturated heterocycles. The summed E-state index contributed by atoms with van der Waals surface area (Å²) >= 11 is 3.42. The molecule has 0 aliphatic rings. The van der Waals surface area contributed by atoms with Crippen molar-refractivity contribution >= 4 is 15.9 Å². The summed E-state index contributed by atoms with van der Waals surface area (Å²) in [7, 11) is 2.01. The van der Waals surface area contributed by atoms with Crippen LogP contribution in [0.25, 0.3) is 11.3 Å². The second-order valence-electron chi connectivity index (χ2n) is 3.24. The van der Waals surface area contributed by atoms with Crippen LogP contribution in [0.4, 0.5) is 0 Å². The fourth-order valence-corrected chi connectivity index (χ4v) is 2.04. The first kappa shape index (κ1) is 9.46. The first-order valence-corrected chi connectivity index (χ1v) is 5.23. The third-order valence-corrected chi connectivity index (χ3v) is 2.97. The quantitative estimate of drug-likeness (QED) is 0.761. The number of imidazole rings is 1. The Morgan fingerprint density at radius 2 is 1.86 bits per heavy atom. The molecule has 2 aromatic rings. The Balaban J connectivity index is 2.62. The average Bonchev–Trinajstić information content (AvgIpc) is 2.43. The third kappa shape index (κ3) is 1.48. The maximum absolute atomic E-state index is 4.37. The Hall–Kier alpha value is -1.09. The topological polar surface area (TPSA) is 17.8 Å². The zero-order valence-corrected chi connectivity index (χ0v) is 9.75. The van der Waals surface area contributed by atoms with Gasteiger partial charge in [-0.2, -0.15) is 0 Å². The fraction of sp³-hybridized carbons (Fsp3) is 0.182. The van der Waals surface area contributed by atoms with Crippen LogP contribution < -0.4 is 0 Å². The lowest BCUT2D eigenvalue weighted by atomic mass is 10.1. The second-order valence-corrected chi connectivity index (χ2v) is 3.95. The van der Waals surface area contributed by atoms with E-state index in [0.717, 1.165) is 16.1 Å². The van der Waals surface area contributed by atoms with Crippen molar-refractivity contribution in [2.75, 3.05) is 0 Å². The molecule has 14 heavy (non-hydrogen) atoms. The smallest absolute Gasteiger partial charge is 0.177 e. The van der Waals surface area contributed by atoms with Crippen LogP contribution in [0.15, 0.2) is 35.1 Å². The minimum absolute atomic E-state index is 0.869. The maximum Gasteiger partial charge on any atom is 0.177 e. The molecule has 2 rings (SSSR count). The number of aromatic nitrogens is 2. The predicted octanol–water partition coefficient (Wildman–Crippen LogP) is 3.16. The lowest BCUT2D eigenvalue weighted by Gasteiger charge is -2.03. The lowest BCUT2D eigenvalue weighted by molar-refractivity contribution is 0.889. The van der Waals surface area contributed by atoms with Crippen molar-refractivity contribution in [3.63, 3.8) is 0 Å². The van der Waals surface area contributed by atoms with Crippen molar-refractivity contribution in [3.05, 3.63) is 40.8 Å². The highest BCUT2D eigenvalue weighted by molar-refractivity contribution is 9.10. The minimum Gasteiger partial charge on any atom is -0.321 e. The van der Waals surface area contributed by atoms with Crippen molar-refractivity contribution in [2.24, 2.45) is 7.05 Å². The molecule has 1 aromatic carbocycles. The van der Waals surface area contributed by atoms with E-state index in [2.05, 4.69) is 33.0 Å². The highest BCUT2D eigenvalue weighted by Crippen LogP contribution is 2.25. The first-order valence-electron chi connectivity index (χ1n) is 4.44. The van der Waals surface area contributed by atoms with E-state index in [0.29, 0.717) is 0 Å². The zero-order valence-electron chi connectivity index (χ0n) is 8.16. The largest absolute Gasteiger partial charge is 0.321 e. The molecule has 0 aliphatic heterocycles. The lowest BCUT2D eigenvalue weighted by Crippen LogP contribution is -1.92. The van der Waals surface area contributed by atoms with Gasteiger partial charge < -0.3 is 4.57 Å². The molecule has 0 amide bonds. The maximum atomic E-state index is 4.37. The molecule has 2 nitrogen and oxygen atoms in total. The van der Waals surface area contributed by atoms with Gasteiger partial charge in [-0.05, 0) is 22.9 Å². The van der Waals surface area contributed by atoms with Crippen LogP contribution in [0.3, 0.4) is 0 Å². The highest BCUT2D eigenvalue weighted by atomic mass is 79.9. The van der Waals surface area contributed by atoms with E-state index in [9.17, 15) is 0 Å². The molecule has 0 aliphatic carbocycles. The highest BCUT2D eigenvalue weighted by Gasteiger charge is 2.10. The van der Waals surface area contributed by atoms with Crippen LogP contribution in [0.2, 0.25) is 0 Å². The summed E-state index contributed by atoms with van der Waals surface area (Å²) in [4.78, 5) is 4.37. The Labute approximate surface area is 91.7 Å². The Morgan fingerprint density at radius 1 is 1.21 bits per heavy atom. The zero-order chi connectivity index (χ0) is 10.1. The van der Waals surface area contributed by atoms with E-state index in [1.54, 1.807) is 0 Å². The van der Waals surface area contributed by atoms with Gasteiger partial charge in [0.2, 0.25) is 0 Å². The molecule has 0 saturated carbocycles. The van der Waals surface area contributed by atoms with Crippen molar-refractivity contribution < 1.29 is 0 Å². The van der Waals surface area contributed by atoms with Gasteiger partial charge in [-0.1, -0.05) is 30.3 Å². The molecule has 0 radical (unpaired) electrons. The molecule has 0 atom stereocenters. The van der Waals surface area contributed by atoms with E-state index >= 15 is 0 Å². The molecule has 0 spiro atoms. The Morgan fingerprint density at radius 3 is 2.36 bits per heavy atom. The van der Waals surface area contributed by atoms with Gasteiger partial charge in [-0.15, -0.1) is 0 Å². The standard InChI is InChI=1S/C11H11BrN2/c1-8-10(14(2)11(12)13-8)9-6-4-3-5-7-9/h3-7H,1-2H3. The summed E-state index contributed by atoms with van der Waals surface area (Å²) in [5, 5.41) is 0. The van der Waals surface area contributed by atoms with Gasteiger partial charge in [0, 0.05) is 12.6 Å². The van der Waals surface area contributed by atoms with Crippen molar-refractivity contribution in [3.8, 4) is 11.3 Å². The van der Waals surface area contributed by atoms with Gasteiger partial charge in [0.25, 0.3) is 0 Å². The first-order chi connectivity index (χ1) is 6.70. The van der Waals surface area contributed by atoms with Gasteiger partial charge in [0.05, 0.1) is 11.4 Å². The van der Waals surface area contributed by atoms with Crippen LogP contribution in [0, 0.1) is 6.92 Å². The van der Waals surface area contributed by atoms with Gasteiger partial charge in [-0.3, -0.25) is 0 Å². The van der Waals surface area contributed by atoms with Gasteiger partial charge in [0.1, 0.15) is 0 Å². The summed E-state index contributed by atoms with van der Waals surface area (Å²) in [6, 6.07) is 10.3. The van der Waals surface area contributed by atoms with Crippen LogP contribution >= 0.6 is 15.9 Å². The van der Waals surface area contributed by atoms with E-state index in [1.807, 2.05) is 36.7 Å². The number of hydrogen-bond acceptors (Lipinski definition) is 1. The molecule has 72 valence electrons. The SMILES string of the molecule is Cc1nc(Br)n(C)c1-c1ccccc1. The summed E-state index contributed by atoms with van der Waals surface area (Å²) in [5.41, 5.74) is 3.41. The monoisotopic (exact) mass is 250 g/mol. The number of nitrogens with zero attached hydrogens (tertiary/aromatic N) is 2. The molecule has 3 heteroatoms. The Kier molecular flexibility index (Phi) is 2.42. The molecular formula is C11H11BrN2. The van der Waals surface area contributed by atoms with E-state index < -0.39 is 0 Å². The number of benzene rings is 1. The number of rotatable bonds is 1. The van der Waals surface area contributed by atoms with Crippen molar-refractivity contribution in [2.45, 2.75) is 6.92 Å². The van der Waals surface area contributed by atoms with E-state index in [1.165, 1.54) is 5.56 Å². The Bertz CT molecular complexity index is 446. The van der Waals surface area contributed by atoms with Gasteiger partial charge in [-0.25, -0.2) is 4.98 Å². The van der Waals surface area contributed by atoms with E-state index in [4.69, 9.17) is 0 Å². The molecule has 1 aromatic heterocycles. The summed E-state index contributed by atoms with van der Waals surface area (Å²) < 4.78 is 2.92.